The fourth-order valence-electron chi connectivity index (χ4n) is 4.52. The van der Waals surface area contributed by atoms with Crippen molar-refractivity contribution in [1.29, 1.82) is 0 Å². The van der Waals surface area contributed by atoms with Gasteiger partial charge in [-0.15, -0.1) is 0 Å². The first-order chi connectivity index (χ1) is 14.1. The molecular weight excluding hydrogens is 366 g/mol. The Morgan fingerprint density at radius 1 is 1.24 bits per heavy atom. The van der Waals surface area contributed by atoms with Crippen LogP contribution >= 0.6 is 0 Å². The molecule has 2 aromatic rings. The van der Waals surface area contributed by atoms with Crippen LogP contribution in [0.15, 0.2) is 24.3 Å². The smallest absolute Gasteiger partial charge is 0.255 e. The van der Waals surface area contributed by atoms with Crippen molar-refractivity contribution in [3.05, 3.63) is 46.6 Å². The highest BCUT2D eigenvalue weighted by Crippen LogP contribution is 2.32. The summed E-state index contributed by atoms with van der Waals surface area (Å²) in [5.41, 5.74) is 4.10. The normalized spacial score (nSPS) is 18.6. The molecule has 4 heterocycles. The number of aryl methyl sites for hydroxylation is 1. The molecule has 0 atom stereocenters. The molecule has 6 nitrogen and oxygen atoms in total. The van der Waals surface area contributed by atoms with Gasteiger partial charge in [-0.2, -0.15) is 0 Å². The molecule has 152 valence electrons. The predicted octanol–water partition coefficient (Wildman–Crippen LogP) is 3.21. The van der Waals surface area contributed by atoms with Gasteiger partial charge in [0.25, 0.3) is 5.91 Å². The summed E-state index contributed by atoms with van der Waals surface area (Å²) in [6.45, 7) is 5.32. The number of pyridine rings is 1. The molecule has 1 fully saturated rings. The predicted molar refractivity (Wildman–Crippen MR) is 111 cm³/mol. The summed E-state index contributed by atoms with van der Waals surface area (Å²) in [5.74, 6) is 2.99. The van der Waals surface area contributed by atoms with Gasteiger partial charge in [0, 0.05) is 45.5 Å². The second-order valence-corrected chi connectivity index (χ2v) is 8.15. The maximum absolute atomic E-state index is 12.3. The van der Waals surface area contributed by atoms with E-state index < -0.39 is 0 Å². The lowest BCUT2D eigenvalue weighted by Crippen LogP contribution is -2.39. The van der Waals surface area contributed by atoms with E-state index in [1.165, 1.54) is 5.56 Å². The molecule has 1 aromatic heterocycles. The van der Waals surface area contributed by atoms with Crippen LogP contribution in [0, 0.1) is 0 Å². The number of carbonyl (C=O) groups is 1. The Kier molecular flexibility index (Phi) is 4.57. The van der Waals surface area contributed by atoms with Crippen LogP contribution < -0.4 is 14.4 Å². The fraction of sp³-hybridized carbons (Fsp3) is 0.478. The lowest BCUT2D eigenvalue weighted by Gasteiger charge is -2.34. The van der Waals surface area contributed by atoms with Crippen molar-refractivity contribution in [2.45, 2.75) is 45.3 Å². The Bertz CT molecular complexity index is 951. The quantitative estimate of drug-likeness (QED) is 0.798. The summed E-state index contributed by atoms with van der Waals surface area (Å²) in [6.07, 6.45) is 3.98. The Hall–Kier alpha value is -2.76. The van der Waals surface area contributed by atoms with Gasteiger partial charge in [0.05, 0.1) is 24.4 Å². The SMILES string of the molecule is CCc1cc2c(nc1N1CCC(Oc3ccc4c(c3)OCC4)CC1)CN(C)C2=O. The largest absolute Gasteiger partial charge is 0.493 e. The summed E-state index contributed by atoms with van der Waals surface area (Å²) in [6, 6.07) is 8.26. The van der Waals surface area contributed by atoms with E-state index in [0.29, 0.717) is 6.54 Å². The number of hydrogen-bond acceptors (Lipinski definition) is 5. The van der Waals surface area contributed by atoms with Crippen LogP contribution in [0.5, 0.6) is 11.5 Å². The molecule has 0 unspecified atom stereocenters. The molecule has 0 spiro atoms. The van der Waals surface area contributed by atoms with E-state index in [1.807, 2.05) is 13.1 Å². The molecule has 6 heteroatoms. The molecule has 0 saturated carbocycles. The van der Waals surface area contributed by atoms with Gasteiger partial charge in [-0.3, -0.25) is 4.79 Å². The van der Waals surface area contributed by atoms with E-state index >= 15 is 0 Å². The molecule has 0 N–H and O–H groups in total. The first-order valence-electron chi connectivity index (χ1n) is 10.6. The number of hydrogen-bond donors (Lipinski definition) is 0. The van der Waals surface area contributed by atoms with Crippen molar-refractivity contribution in [2.24, 2.45) is 0 Å². The standard InChI is InChI=1S/C23H27N3O3/c1-3-15-12-19-20(14-25(2)23(19)27)24-22(15)26-9-6-17(7-10-26)29-18-5-4-16-8-11-28-21(16)13-18/h4-5,12-13,17H,3,6-11,14H2,1-2H3. The molecule has 1 saturated heterocycles. The number of aromatic nitrogens is 1. The number of piperidine rings is 1. The number of anilines is 1. The highest BCUT2D eigenvalue weighted by atomic mass is 16.5. The molecule has 0 radical (unpaired) electrons. The first kappa shape index (κ1) is 18.3. The van der Waals surface area contributed by atoms with Gasteiger partial charge in [0.15, 0.2) is 0 Å². The number of ether oxygens (including phenoxy) is 2. The fourth-order valence-corrected chi connectivity index (χ4v) is 4.52. The third-order valence-corrected chi connectivity index (χ3v) is 6.21. The molecule has 1 amide bonds. The van der Waals surface area contributed by atoms with Crippen LogP contribution in [0.3, 0.4) is 0 Å². The molecule has 1 aromatic carbocycles. The van der Waals surface area contributed by atoms with Crippen molar-refractivity contribution in [3.8, 4) is 11.5 Å². The van der Waals surface area contributed by atoms with Crippen LogP contribution in [0.4, 0.5) is 5.82 Å². The van der Waals surface area contributed by atoms with Crippen LogP contribution in [-0.4, -0.2) is 48.6 Å². The van der Waals surface area contributed by atoms with E-state index in [9.17, 15) is 4.79 Å². The number of benzene rings is 1. The lowest BCUT2D eigenvalue weighted by atomic mass is 10.0. The van der Waals surface area contributed by atoms with Crippen LogP contribution in [-0.2, 0) is 19.4 Å². The van der Waals surface area contributed by atoms with Crippen LogP contribution in [0.2, 0.25) is 0 Å². The number of carbonyl (C=O) groups excluding carboxylic acids is 1. The minimum Gasteiger partial charge on any atom is -0.493 e. The summed E-state index contributed by atoms with van der Waals surface area (Å²) in [4.78, 5) is 21.3. The third kappa shape index (κ3) is 3.30. The lowest BCUT2D eigenvalue weighted by molar-refractivity contribution is 0.0816. The molecule has 5 rings (SSSR count). The number of rotatable bonds is 4. The summed E-state index contributed by atoms with van der Waals surface area (Å²) in [5, 5.41) is 0. The van der Waals surface area contributed by atoms with E-state index in [4.69, 9.17) is 14.5 Å². The van der Waals surface area contributed by atoms with Crippen molar-refractivity contribution in [2.75, 3.05) is 31.6 Å². The van der Waals surface area contributed by atoms with Gasteiger partial charge in [-0.1, -0.05) is 13.0 Å². The molecule has 0 bridgehead atoms. The first-order valence-corrected chi connectivity index (χ1v) is 10.6. The number of amides is 1. The van der Waals surface area contributed by atoms with Crippen molar-refractivity contribution in [3.63, 3.8) is 0 Å². The van der Waals surface area contributed by atoms with Crippen molar-refractivity contribution >= 4 is 11.7 Å². The zero-order valence-corrected chi connectivity index (χ0v) is 17.1. The zero-order chi connectivity index (χ0) is 20.0. The monoisotopic (exact) mass is 393 g/mol. The van der Waals surface area contributed by atoms with Crippen LogP contribution in [0.1, 0.15) is 46.9 Å². The van der Waals surface area contributed by atoms with Gasteiger partial charge < -0.3 is 19.3 Å². The molecule has 29 heavy (non-hydrogen) atoms. The Labute approximate surface area is 171 Å². The third-order valence-electron chi connectivity index (χ3n) is 6.21. The summed E-state index contributed by atoms with van der Waals surface area (Å²) >= 11 is 0. The Morgan fingerprint density at radius 2 is 2.07 bits per heavy atom. The maximum atomic E-state index is 12.3. The molecule has 0 aliphatic carbocycles. The van der Waals surface area contributed by atoms with E-state index in [-0.39, 0.29) is 12.0 Å². The van der Waals surface area contributed by atoms with Gasteiger partial charge >= 0.3 is 0 Å². The maximum Gasteiger partial charge on any atom is 0.255 e. The minimum atomic E-state index is 0.0826. The molecule has 3 aliphatic heterocycles. The Morgan fingerprint density at radius 3 is 2.86 bits per heavy atom. The molecular formula is C23H27N3O3. The van der Waals surface area contributed by atoms with Crippen molar-refractivity contribution in [1.82, 2.24) is 9.88 Å². The highest BCUT2D eigenvalue weighted by molar-refractivity contribution is 5.98. The Balaban J connectivity index is 1.27. The average molecular weight is 393 g/mol. The van der Waals surface area contributed by atoms with Crippen molar-refractivity contribution < 1.29 is 14.3 Å². The molecule has 3 aliphatic rings. The van der Waals surface area contributed by atoms with E-state index in [1.54, 1.807) is 4.90 Å². The van der Waals surface area contributed by atoms with E-state index in [2.05, 4.69) is 30.0 Å². The minimum absolute atomic E-state index is 0.0826. The van der Waals surface area contributed by atoms with Gasteiger partial charge in [0.1, 0.15) is 23.4 Å². The topological polar surface area (TPSA) is 54.9 Å². The number of fused-ring (bicyclic) bond motifs is 2. The average Bonchev–Trinajstić information content (AvgIpc) is 3.31. The van der Waals surface area contributed by atoms with E-state index in [0.717, 1.165) is 79.5 Å². The zero-order valence-electron chi connectivity index (χ0n) is 17.1. The number of nitrogens with zero attached hydrogens (tertiary/aromatic N) is 3. The second kappa shape index (κ2) is 7.25. The second-order valence-electron chi connectivity index (χ2n) is 8.15. The summed E-state index contributed by atoms with van der Waals surface area (Å²) in [7, 11) is 1.84. The van der Waals surface area contributed by atoms with Gasteiger partial charge in [0.2, 0.25) is 0 Å². The summed E-state index contributed by atoms with van der Waals surface area (Å²) < 4.78 is 11.9. The van der Waals surface area contributed by atoms with Gasteiger partial charge in [-0.25, -0.2) is 4.98 Å². The highest BCUT2D eigenvalue weighted by Gasteiger charge is 2.30. The van der Waals surface area contributed by atoms with Gasteiger partial charge in [-0.05, 0) is 29.7 Å². The van der Waals surface area contributed by atoms with Crippen LogP contribution in [0.25, 0.3) is 0 Å².